The van der Waals surface area contributed by atoms with E-state index in [2.05, 4.69) is 49.9 Å². The standard InChI is InChI=1S/C15H25I/c1-5-11(3)15(16)12(4)14-9-7-13(6-2)8-10-14/h5,12-14H,1,6-10H2,2-4H3/b15-11-. The largest absolute Gasteiger partial charge is 0.0988 e. The molecule has 0 nitrogen and oxygen atoms in total. The molecule has 1 aliphatic rings. The lowest BCUT2D eigenvalue weighted by molar-refractivity contribution is 0.233. The van der Waals surface area contributed by atoms with Crippen LogP contribution < -0.4 is 0 Å². The van der Waals surface area contributed by atoms with E-state index in [0.717, 1.165) is 17.8 Å². The highest BCUT2D eigenvalue weighted by atomic mass is 127. The quantitative estimate of drug-likeness (QED) is 0.455. The molecule has 0 amide bonds. The highest BCUT2D eigenvalue weighted by Gasteiger charge is 2.26. The van der Waals surface area contributed by atoms with Crippen LogP contribution in [0.4, 0.5) is 0 Å². The van der Waals surface area contributed by atoms with Gasteiger partial charge in [-0.05, 0) is 69.3 Å². The van der Waals surface area contributed by atoms with E-state index >= 15 is 0 Å². The zero-order chi connectivity index (χ0) is 12.1. The van der Waals surface area contributed by atoms with Crippen LogP contribution in [0.25, 0.3) is 0 Å². The minimum Gasteiger partial charge on any atom is -0.0988 e. The average molecular weight is 332 g/mol. The Morgan fingerprint density at radius 1 is 1.38 bits per heavy atom. The van der Waals surface area contributed by atoms with Crippen molar-refractivity contribution in [3.8, 4) is 0 Å². The molecule has 0 radical (unpaired) electrons. The fourth-order valence-corrected chi connectivity index (χ4v) is 3.49. The number of halogens is 1. The first kappa shape index (κ1) is 14.3. The SMILES string of the molecule is C=C/C(C)=C(\I)C(C)C1CCC(CC)CC1. The van der Waals surface area contributed by atoms with Crippen LogP contribution in [0.1, 0.15) is 52.9 Å². The molecule has 0 spiro atoms. The molecule has 0 aromatic heterocycles. The third-order valence-corrected chi connectivity index (χ3v) is 6.09. The Hall–Kier alpha value is 0.210. The maximum atomic E-state index is 3.87. The van der Waals surface area contributed by atoms with E-state index in [-0.39, 0.29) is 0 Å². The lowest BCUT2D eigenvalue weighted by Crippen LogP contribution is -2.20. The summed E-state index contributed by atoms with van der Waals surface area (Å²) in [6, 6.07) is 0. The molecule has 16 heavy (non-hydrogen) atoms. The van der Waals surface area contributed by atoms with Crippen molar-refractivity contribution in [2.24, 2.45) is 17.8 Å². The molecule has 0 N–H and O–H groups in total. The number of allylic oxidation sites excluding steroid dienone is 3. The molecule has 1 aliphatic carbocycles. The van der Waals surface area contributed by atoms with Crippen LogP contribution in [0.15, 0.2) is 21.8 Å². The van der Waals surface area contributed by atoms with Gasteiger partial charge in [-0.1, -0.05) is 45.8 Å². The number of hydrogen-bond donors (Lipinski definition) is 0. The van der Waals surface area contributed by atoms with Gasteiger partial charge in [0.1, 0.15) is 0 Å². The summed E-state index contributed by atoms with van der Waals surface area (Å²) in [5, 5.41) is 0. The van der Waals surface area contributed by atoms with E-state index in [1.807, 2.05) is 6.08 Å². The second kappa shape index (κ2) is 6.83. The third kappa shape index (κ3) is 3.61. The topological polar surface area (TPSA) is 0 Å². The maximum absolute atomic E-state index is 3.87. The first-order valence-electron chi connectivity index (χ1n) is 6.58. The highest BCUT2D eigenvalue weighted by molar-refractivity contribution is 14.1. The van der Waals surface area contributed by atoms with Crippen LogP contribution >= 0.6 is 22.6 Å². The summed E-state index contributed by atoms with van der Waals surface area (Å²) in [4.78, 5) is 0. The molecular weight excluding hydrogens is 307 g/mol. The van der Waals surface area contributed by atoms with Gasteiger partial charge in [0.2, 0.25) is 0 Å². The molecule has 1 heteroatoms. The molecule has 1 atom stereocenters. The normalized spacial score (nSPS) is 29.5. The van der Waals surface area contributed by atoms with E-state index < -0.39 is 0 Å². The minimum absolute atomic E-state index is 0.733. The van der Waals surface area contributed by atoms with Crippen LogP contribution in [-0.2, 0) is 0 Å². The molecule has 0 heterocycles. The summed E-state index contributed by atoms with van der Waals surface area (Å²) in [5.74, 6) is 2.64. The van der Waals surface area contributed by atoms with Gasteiger partial charge in [-0.15, -0.1) is 0 Å². The van der Waals surface area contributed by atoms with E-state index in [0.29, 0.717) is 0 Å². The van der Waals surface area contributed by atoms with Crippen LogP contribution in [0.5, 0.6) is 0 Å². The minimum atomic E-state index is 0.733. The van der Waals surface area contributed by atoms with Crippen molar-refractivity contribution in [1.29, 1.82) is 0 Å². The van der Waals surface area contributed by atoms with Gasteiger partial charge in [-0.2, -0.15) is 0 Å². The van der Waals surface area contributed by atoms with Gasteiger partial charge in [0.25, 0.3) is 0 Å². The van der Waals surface area contributed by atoms with Crippen molar-refractivity contribution < 1.29 is 0 Å². The second-order valence-corrected chi connectivity index (χ2v) is 6.37. The van der Waals surface area contributed by atoms with Crippen molar-refractivity contribution in [2.45, 2.75) is 52.9 Å². The summed E-state index contributed by atoms with van der Waals surface area (Å²) in [7, 11) is 0. The van der Waals surface area contributed by atoms with E-state index in [1.54, 1.807) is 0 Å². The van der Waals surface area contributed by atoms with Crippen molar-refractivity contribution in [2.75, 3.05) is 0 Å². The molecule has 1 unspecified atom stereocenters. The Kier molecular flexibility index (Phi) is 6.09. The Labute approximate surface area is 115 Å². The third-order valence-electron chi connectivity index (χ3n) is 4.26. The molecular formula is C15H25I. The van der Waals surface area contributed by atoms with Crippen LogP contribution in [0.2, 0.25) is 0 Å². The summed E-state index contributed by atoms with van der Waals surface area (Å²) >= 11 is 2.52. The van der Waals surface area contributed by atoms with Gasteiger partial charge in [0.15, 0.2) is 0 Å². The zero-order valence-electron chi connectivity index (χ0n) is 10.9. The molecule has 0 aromatic rings. The summed E-state index contributed by atoms with van der Waals surface area (Å²) in [6.07, 6.45) is 9.12. The molecule has 0 bridgehead atoms. The molecule has 0 aromatic carbocycles. The lowest BCUT2D eigenvalue weighted by Gasteiger charge is -2.32. The lowest BCUT2D eigenvalue weighted by atomic mass is 9.75. The Balaban J connectivity index is 2.56. The van der Waals surface area contributed by atoms with Gasteiger partial charge in [0, 0.05) is 0 Å². The maximum Gasteiger partial charge on any atom is -0.00341 e. The van der Waals surface area contributed by atoms with E-state index in [9.17, 15) is 0 Å². The summed E-state index contributed by atoms with van der Waals surface area (Å²) < 4.78 is 1.52. The predicted octanol–water partition coefficient (Wildman–Crippen LogP) is 5.73. The fourth-order valence-electron chi connectivity index (χ4n) is 2.76. The Morgan fingerprint density at radius 3 is 2.38 bits per heavy atom. The Morgan fingerprint density at radius 2 is 1.94 bits per heavy atom. The van der Waals surface area contributed by atoms with E-state index in [4.69, 9.17) is 0 Å². The highest BCUT2D eigenvalue weighted by Crippen LogP contribution is 2.39. The Bertz CT molecular complexity index is 257. The predicted molar refractivity (Wildman–Crippen MR) is 81.8 cm³/mol. The monoisotopic (exact) mass is 332 g/mol. The number of rotatable bonds is 4. The molecule has 1 fully saturated rings. The van der Waals surface area contributed by atoms with Crippen molar-refractivity contribution in [3.63, 3.8) is 0 Å². The molecule has 1 saturated carbocycles. The summed E-state index contributed by atoms with van der Waals surface area (Å²) in [5.41, 5.74) is 1.37. The van der Waals surface area contributed by atoms with Gasteiger partial charge in [0.05, 0.1) is 0 Å². The first-order chi connectivity index (χ1) is 7.60. The van der Waals surface area contributed by atoms with Gasteiger partial charge in [-0.25, -0.2) is 0 Å². The van der Waals surface area contributed by atoms with Crippen LogP contribution in [-0.4, -0.2) is 0 Å². The van der Waals surface area contributed by atoms with Gasteiger partial charge in [-0.3, -0.25) is 0 Å². The first-order valence-corrected chi connectivity index (χ1v) is 7.66. The summed E-state index contributed by atoms with van der Waals surface area (Å²) in [6.45, 7) is 10.8. The average Bonchev–Trinajstić information content (AvgIpc) is 2.36. The fraction of sp³-hybridized carbons (Fsp3) is 0.733. The van der Waals surface area contributed by atoms with Crippen molar-refractivity contribution in [1.82, 2.24) is 0 Å². The van der Waals surface area contributed by atoms with Crippen molar-refractivity contribution in [3.05, 3.63) is 21.8 Å². The van der Waals surface area contributed by atoms with Crippen LogP contribution in [0, 0.1) is 17.8 Å². The molecule has 1 rings (SSSR count). The van der Waals surface area contributed by atoms with E-state index in [1.165, 1.54) is 41.3 Å². The zero-order valence-corrected chi connectivity index (χ0v) is 13.1. The molecule has 0 aliphatic heterocycles. The van der Waals surface area contributed by atoms with Crippen molar-refractivity contribution >= 4 is 22.6 Å². The smallest absolute Gasteiger partial charge is 0.00341 e. The molecule has 0 saturated heterocycles. The van der Waals surface area contributed by atoms with Crippen LogP contribution in [0.3, 0.4) is 0 Å². The molecule has 92 valence electrons. The van der Waals surface area contributed by atoms with Gasteiger partial charge < -0.3 is 0 Å². The number of hydrogen-bond acceptors (Lipinski definition) is 0. The second-order valence-electron chi connectivity index (χ2n) is 5.21. The van der Waals surface area contributed by atoms with Gasteiger partial charge >= 0.3 is 0 Å².